The van der Waals surface area contributed by atoms with Gasteiger partial charge in [0.15, 0.2) is 0 Å². The highest BCUT2D eigenvalue weighted by molar-refractivity contribution is 5.90. The lowest BCUT2D eigenvalue weighted by atomic mass is 10.0. The highest BCUT2D eigenvalue weighted by Gasteiger charge is 2.14. The van der Waals surface area contributed by atoms with Crippen molar-refractivity contribution >= 4 is 11.9 Å². The van der Waals surface area contributed by atoms with Gasteiger partial charge in [-0.25, -0.2) is 4.79 Å². The van der Waals surface area contributed by atoms with Crippen molar-refractivity contribution in [2.24, 2.45) is 0 Å². The predicted octanol–water partition coefficient (Wildman–Crippen LogP) is 1.87. The lowest BCUT2D eigenvalue weighted by Gasteiger charge is -2.09. The maximum atomic E-state index is 10.9. The van der Waals surface area contributed by atoms with Gasteiger partial charge in [-0.15, -0.1) is 0 Å². The third-order valence-electron chi connectivity index (χ3n) is 1.97. The van der Waals surface area contributed by atoms with E-state index >= 15 is 0 Å². The Morgan fingerprint density at radius 2 is 2.07 bits per heavy atom. The summed E-state index contributed by atoms with van der Waals surface area (Å²) in [6.45, 7) is 3.10. The summed E-state index contributed by atoms with van der Waals surface area (Å²) in [6.07, 6.45) is 0.505. The van der Waals surface area contributed by atoms with E-state index in [0.29, 0.717) is 17.7 Å². The third-order valence-corrected chi connectivity index (χ3v) is 1.97. The van der Waals surface area contributed by atoms with Crippen LogP contribution in [0.5, 0.6) is 5.75 Å². The molecule has 4 nitrogen and oxygen atoms in total. The summed E-state index contributed by atoms with van der Waals surface area (Å²) in [5.41, 5.74) is 0.719. The second-order valence-electron chi connectivity index (χ2n) is 3.03. The van der Waals surface area contributed by atoms with E-state index in [0.717, 1.165) is 0 Å². The minimum atomic E-state index is -1.01. The minimum absolute atomic E-state index is 0.177. The Kier molecular flexibility index (Phi) is 3.44. The van der Waals surface area contributed by atoms with Crippen LogP contribution in [-0.2, 0) is 11.2 Å². The quantitative estimate of drug-likeness (QED) is 0.608. The Labute approximate surface area is 87.5 Å². The van der Waals surface area contributed by atoms with E-state index in [1.807, 2.05) is 6.92 Å². The van der Waals surface area contributed by atoms with Crippen molar-refractivity contribution in [2.45, 2.75) is 20.3 Å². The molecule has 0 bridgehead atoms. The number of carboxylic acids is 1. The molecule has 15 heavy (non-hydrogen) atoms. The Hall–Kier alpha value is -1.84. The Morgan fingerprint density at radius 1 is 1.40 bits per heavy atom. The zero-order valence-electron chi connectivity index (χ0n) is 8.61. The van der Waals surface area contributed by atoms with Crippen LogP contribution in [0.25, 0.3) is 0 Å². The molecule has 0 aliphatic rings. The van der Waals surface area contributed by atoms with E-state index in [2.05, 4.69) is 0 Å². The van der Waals surface area contributed by atoms with E-state index in [-0.39, 0.29) is 5.56 Å². The molecule has 0 saturated heterocycles. The van der Waals surface area contributed by atoms with Crippen LogP contribution >= 0.6 is 0 Å². The lowest BCUT2D eigenvalue weighted by molar-refractivity contribution is -0.131. The highest BCUT2D eigenvalue weighted by Crippen LogP contribution is 2.23. The first-order valence-electron chi connectivity index (χ1n) is 4.59. The molecule has 0 saturated carbocycles. The number of rotatable bonds is 3. The molecule has 0 fully saturated rings. The van der Waals surface area contributed by atoms with Gasteiger partial charge >= 0.3 is 11.9 Å². The van der Waals surface area contributed by atoms with E-state index in [1.165, 1.54) is 13.0 Å². The first-order valence-corrected chi connectivity index (χ1v) is 4.59. The average Bonchev–Trinajstić information content (AvgIpc) is 2.16. The van der Waals surface area contributed by atoms with Gasteiger partial charge in [-0.1, -0.05) is 13.0 Å². The molecule has 0 aliphatic heterocycles. The number of benzene rings is 1. The number of carbonyl (C=O) groups is 2. The molecule has 0 aromatic heterocycles. The fourth-order valence-corrected chi connectivity index (χ4v) is 1.38. The molecule has 80 valence electrons. The number of aromatic carboxylic acids is 1. The van der Waals surface area contributed by atoms with Gasteiger partial charge in [0.2, 0.25) is 0 Å². The van der Waals surface area contributed by atoms with Crippen LogP contribution in [0.15, 0.2) is 18.2 Å². The summed E-state index contributed by atoms with van der Waals surface area (Å²) in [5.74, 6) is -1.14. The monoisotopic (exact) mass is 208 g/mol. The van der Waals surface area contributed by atoms with E-state index in [1.54, 1.807) is 12.1 Å². The minimum Gasteiger partial charge on any atom is -0.478 e. The van der Waals surface area contributed by atoms with E-state index < -0.39 is 11.9 Å². The van der Waals surface area contributed by atoms with Crippen LogP contribution in [0.4, 0.5) is 0 Å². The lowest BCUT2D eigenvalue weighted by Crippen LogP contribution is -2.08. The smallest absolute Gasteiger partial charge is 0.336 e. The second kappa shape index (κ2) is 4.59. The highest BCUT2D eigenvalue weighted by atomic mass is 16.5. The van der Waals surface area contributed by atoms with Crippen LogP contribution in [0, 0.1) is 0 Å². The average molecular weight is 208 g/mol. The first-order chi connectivity index (χ1) is 7.06. The normalized spacial score (nSPS) is 9.73. The van der Waals surface area contributed by atoms with Gasteiger partial charge in [0.05, 0.1) is 5.56 Å². The standard InChI is InChI=1S/C11H12O4/c1-3-8-9(11(13)14)5-4-6-10(8)15-7(2)12/h4-6H,3H2,1-2H3,(H,13,14). The molecule has 1 rings (SSSR count). The van der Waals surface area contributed by atoms with Crippen molar-refractivity contribution in [2.75, 3.05) is 0 Å². The van der Waals surface area contributed by atoms with Crippen LogP contribution in [0.1, 0.15) is 29.8 Å². The molecule has 1 N–H and O–H groups in total. The molecule has 1 aromatic rings. The van der Waals surface area contributed by atoms with Crippen molar-refractivity contribution in [1.29, 1.82) is 0 Å². The summed E-state index contributed by atoms with van der Waals surface area (Å²) in [6, 6.07) is 4.64. The topological polar surface area (TPSA) is 63.6 Å². The van der Waals surface area contributed by atoms with E-state index in [4.69, 9.17) is 9.84 Å². The van der Waals surface area contributed by atoms with Crippen molar-refractivity contribution in [3.05, 3.63) is 29.3 Å². The SMILES string of the molecule is CCc1c(OC(C)=O)cccc1C(=O)O. The molecular formula is C11H12O4. The number of hydrogen-bond acceptors (Lipinski definition) is 3. The number of carbonyl (C=O) groups excluding carboxylic acids is 1. The van der Waals surface area contributed by atoms with Gasteiger partial charge in [-0.05, 0) is 18.6 Å². The number of carboxylic acid groups (broad SMARTS) is 1. The fraction of sp³-hybridized carbons (Fsp3) is 0.273. The van der Waals surface area contributed by atoms with Gasteiger partial charge in [0.25, 0.3) is 0 Å². The molecular weight excluding hydrogens is 196 g/mol. The molecule has 0 spiro atoms. The third kappa shape index (κ3) is 2.56. The van der Waals surface area contributed by atoms with Gasteiger partial charge in [-0.3, -0.25) is 4.79 Å². The zero-order chi connectivity index (χ0) is 11.4. The van der Waals surface area contributed by atoms with Crippen LogP contribution in [0.3, 0.4) is 0 Å². The van der Waals surface area contributed by atoms with Gasteiger partial charge in [-0.2, -0.15) is 0 Å². The Balaban J connectivity index is 3.21. The molecule has 0 radical (unpaired) electrons. The number of hydrogen-bond donors (Lipinski definition) is 1. The second-order valence-corrected chi connectivity index (χ2v) is 3.03. The predicted molar refractivity (Wildman–Crippen MR) is 54.1 cm³/mol. The van der Waals surface area contributed by atoms with Crippen molar-refractivity contribution in [3.8, 4) is 5.75 Å². The summed E-state index contributed by atoms with van der Waals surface area (Å²) in [4.78, 5) is 21.7. The molecule has 0 unspecified atom stereocenters. The Morgan fingerprint density at radius 3 is 2.53 bits per heavy atom. The Bertz CT molecular complexity index is 396. The van der Waals surface area contributed by atoms with Crippen LogP contribution in [-0.4, -0.2) is 17.0 Å². The molecule has 1 aromatic carbocycles. The van der Waals surface area contributed by atoms with Gasteiger partial charge in [0.1, 0.15) is 5.75 Å². The van der Waals surface area contributed by atoms with Crippen molar-refractivity contribution < 1.29 is 19.4 Å². The first kappa shape index (κ1) is 11.2. The summed E-state index contributed by atoms with van der Waals surface area (Å²) >= 11 is 0. The maximum absolute atomic E-state index is 10.9. The molecule has 0 amide bonds. The molecule has 0 atom stereocenters. The van der Waals surface area contributed by atoms with Crippen molar-refractivity contribution in [1.82, 2.24) is 0 Å². The van der Waals surface area contributed by atoms with Gasteiger partial charge < -0.3 is 9.84 Å². The number of ether oxygens (including phenoxy) is 1. The molecule has 4 heteroatoms. The maximum Gasteiger partial charge on any atom is 0.336 e. The summed E-state index contributed by atoms with van der Waals surface area (Å²) in [5, 5.41) is 8.91. The molecule has 0 aliphatic carbocycles. The largest absolute Gasteiger partial charge is 0.478 e. The summed E-state index contributed by atoms with van der Waals surface area (Å²) in [7, 11) is 0. The van der Waals surface area contributed by atoms with Crippen LogP contribution < -0.4 is 4.74 Å². The number of esters is 1. The van der Waals surface area contributed by atoms with E-state index in [9.17, 15) is 9.59 Å². The molecule has 0 heterocycles. The fourth-order valence-electron chi connectivity index (χ4n) is 1.38. The summed E-state index contributed by atoms with van der Waals surface area (Å²) < 4.78 is 4.92. The zero-order valence-corrected chi connectivity index (χ0v) is 8.61. The van der Waals surface area contributed by atoms with Crippen LogP contribution in [0.2, 0.25) is 0 Å². The van der Waals surface area contributed by atoms with Crippen molar-refractivity contribution in [3.63, 3.8) is 0 Å². The van der Waals surface area contributed by atoms with Gasteiger partial charge in [0, 0.05) is 12.5 Å².